The summed E-state index contributed by atoms with van der Waals surface area (Å²) in [6.45, 7) is 6.71. The Hall–Kier alpha value is -1.96. The molecular weight excluding hydrogens is 335 g/mol. The third-order valence-corrected chi connectivity index (χ3v) is 4.23. The molecule has 1 heterocycles. The number of ether oxygens (including phenoxy) is 1. The fourth-order valence-corrected chi connectivity index (χ4v) is 2.64. The number of piperazine rings is 1. The molecule has 25 heavy (non-hydrogen) atoms. The molecular formula is C17H24F3N3O2. The monoisotopic (exact) mass is 359 g/mol. The van der Waals surface area contributed by atoms with Crippen LogP contribution in [0.3, 0.4) is 0 Å². The first-order valence-electron chi connectivity index (χ1n) is 8.36. The number of benzene rings is 1. The van der Waals surface area contributed by atoms with E-state index >= 15 is 0 Å². The van der Waals surface area contributed by atoms with Crippen LogP contribution in [0.1, 0.15) is 25.5 Å². The summed E-state index contributed by atoms with van der Waals surface area (Å²) < 4.78 is 41.1. The number of likely N-dealkylation sites (N-methyl/N-ethyl adjacent to an activating group) is 1. The van der Waals surface area contributed by atoms with Crippen LogP contribution < -0.4 is 10.1 Å². The van der Waals surface area contributed by atoms with E-state index in [4.69, 9.17) is 0 Å². The Balaban J connectivity index is 1.84. The highest BCUT2D eigenvalue weighted by Gasteiger charge is 2.28. The van der Waals surface area contributed by atoms with E-state index in [-0.39, 0.29) is 17.8 Å². The molecule has 140 valence electrons. The molecule has 0 spiro atoms. The molecule has 8 heteroatoms. The molecule has 1 aliphatic heterocycles. The summed E-state index contributed by atoms with van der Waals surface area (Å²) in [5.41, 5.74) is 0.805. The van der Waals surface area contributed by atoms with Crippen molar-refractivity contribution in [2.75, 3.05) is 39.3 Å². The summed E-state index contributed by atoms with van der Waals surface area (Å²) in [6.07, 6.45) is -4.36. The maximum Gasteiger partial charge on any atom is 0.422 e. The van der Waals surface area contributed by atoms with Crippen LogP contribution in [0.5, 0.6) is 5.75 Å². The number of urea groups is 1. The van der Waals surface area contributed by atoms with Gasteiger partial charge in [0.2, 0.25) is 0 Å². The standard InChI is InChI=1S/C17H24F3N3O2/c1-3-22-8-10-23(11-9-22)16(24)21-13(2)14-4-6-15(7-5-14)25-12-17(18,19)20/h4-7,13H,3,8-12H2,1-2H3,(H,21,24). The molecule has 0 aliphatic carbocycles. The van der Waals surface area contributed by atoms with Gasteiger partial charge < -0.3 is 19.9 Å². The van der Waals surface area contributed by atoms with Crippen molar-refractivity contribution in [2.24, 2.45) is 0 Å². The predicted octanol–water partition coefficient (Wildman–Crippen LogP) is 3.04. The Kier molecular flexibility index (Phi) is 6.52. The maximum absolute atomic E-state index is 12.3. The van der Waals surface area contributed by atoms with E-state index in [1.807, 2.05) is 6.92 Å². The lowest BCUT2D eigenvalue weighted by atomic mass is 10.1. The van der Waals surface area contributed by atoms with Gasteiger partial charge >= 0.3 is 12.2 Å². The van der Waals surface area contributed by atoms with Gasteiger partial charge in [-0.3, -0.25) is 0 Å². The molecule has 1 unspecified atom stereocenters. The molecule has 1 saturated heterocycles. The van der Waals surface area contributed by atoms with Crippen LogP contribution in [0.25, 0.3) is 0 Å². The zero-order chi connectivity index (χ0) is 18.4. The molecule has 1 fully saturated rings. The third kappa shape index (κ3) is 6.12. The molecule has 0 saturated carbocycles. The maximum atomic E-state index is 12.3. The number of rotatable bonds is 5. The molecule has 2 amide bonds. The summed E-state index contributed by atoms with van der Waals surface area (Å²) in [6, 6.07) is 5.90. The van der Waals surface area contributed by atoms with E-state index < -0.39 is 12.8 Å². The van der Waals surface area contributed by atoms with Crippen LogP contribution in [-0.4, -0.2) is 61.3 Å². The molecule has 2 rings (SSSR count). The van der Waals surface area contributed by atoms with Crippen molar-refractivity contribution in [3.63, 3.8) is 0 Å². The average molecular weight is 359 g/mol. The largest absolute Gasteiger partial charge is 0.484 e. The van der Waals surface area contributed by atoms with Crippen molar-refractivity contribution < 1.29 is 22.7 Å². The number of halogens is 3. The minimum Gasteiger partial charge on any atom is -0.484 e. The Morgan fingerprint density at radius 2 is 1.80 bits per heavy atom. The molecule has 1 aliphatic rings. The van der Waals surface area contributed by atoms with E-state index in [0.29, 0.717) is 13.1 Å². The second-order valence-corrected chi connectivity index (χ2v) is 6.07. The second-order valence-electron chi connectivity index (χ2n) is 6.07. The van der Waals surface area contributed by atoms with Gasteiger partial charge in [-0.15, -0.1) is 0 Å². The minimum atomic E-state index is -4.36. The number of hydrogen-bond donors (Lipinski definition) is 1. The van der Waals surface area contributed by atoms with Gasteiger partial charge in [0.15, 0.2) is 6.61 Å². The Bertz CT molecular complexity index is 555. The molecule has 1 N–H and O–H groups in total. The van der Waals surface area contributed by atoms with E-state index in [1.165, 1.54) is 12.1 Å². The van der Waals surface area contributed by atoms with Gasteiger partial charge in [0, 0.05) is 26.2 Å². The fourth-order valence-electron chi connectivity index (χ4n) is 2.64. The highest BCUT2D eigenvalue weighted by atomic mass is 19.4. The van der Waals surface area contributed by atoms with Gasteiger partial charge in [-0.25, -0.2) is 4.79 Å². The second kappa shape index (κ2) is 8.42. The molecule has 0 bridgehead atoms. The number of carbonyl (C=O) groups is 1. The SMILES string of the molecule is CCN1CCN(C(=O)NC(C)c2ccc(OCC(F)(F)F)cc2)CC1. The average Bonchev–Trinajstić information content (AvgIpc) is 2.59. The van der Waals surface area contributed by atoms with Gasteiger partial charge in [0.05, 0.1) is 6.04 Å². The summed E-state index contributed by atoms with van der Waals surface area (Å²) >= 11 is 0. The fraction of sp³-hybridized carbons (Fsp3) is 0.588. The van der Waals surface area contributed by atoms with Crippen LogP contribution in [0, 0.1) is 0 Å². The molecule has 1 aromatic carbocycles. The number of carbonyl (C=O) groups excluding carboxylic acids is 1. The number of alkyl halides is 3. The Morgan fingerprint density at radius 1 is 1.20 bits per heavy atom. The number of nitrogens with one attached hydrogen (secondary N) is 1. The molecule has 0 aromatic heterocycles. The van der Waals surface area contributed by atoms with Crippen molar-refractivity contribution in [2.45, 2.75) is 26.1 Å². The first kappa shape index (κ1) is 19.4. The summed E-state index contributed by atoms with van der Waals surface area (Å²) in [4.78, 5) is 16.4. The zero-order valence-electron chi connectivity index (χ0n) is 14.5. The zero-order valence-corrected chi connectivity index (χ0v) is 14.5. The highest BCUT2D eigenvalue weighted by molar-refractivity contribution is 5.74. The van der Waals surface area contributed by atoms with E-state index in [0.717, 1.165) is 25.2 Å². The highest BCUT2D eigenvalue weighted by Crippen LogP contribution is 2.21. The lowest BCUT2D eigenvalue weighted by molar-refractivity contribution is -0.153. The Labute approximate surface area is 145 Å². The molecule has 1 atom stereocenters. The van der Waals surface area contributed by atoms with Crippen molar-refractivity contribution in [3.8, 4) is 5.75 Å². The van der Waals surface area contributed by atoms with Gasteiger partial charge in [-0.05, 0) is 31.2 Å². The van der Waals surface area contributed by atoms with Crippen LogP contribution in [0.15, 0.2) is 24.3 Å². The first-order chi connectivity index (χ1) is 11.8. The van der Waals surface area contributed by atoms with Crippen molar-refractivity contribution in [3.05, 3.63) is 29.8 Å². The number of amides is 2. The smallest absolute Gasteiger partial charge is 0.422 e. The Morgan fingerprint density at radius 3 is 2.32 bits per heavy atom. The lowest BCUT2D eigenvalue weighted by Gasteiger charge is -2.34. The summed E-state index contributed by atoms with van der Waals surface area (Å²) in [5.74, 6) is 0.148. The van der Waals surface area contributed by atoms with Gasteiger partial charge in [-0.2, -0.15) is 13.2 Å². The van der Waals surface area contributed by atoms with Crippen molar-refractivity contribution in [1.82, 2.24) is 15.1 Å². The molecule has 5 nitrogen and oxygen atoms in total. The van der Waals surface area contributed by atoms with Gasteiger partial charge in [0.1, 0.15) is 5.75 Å². The van der Waals surface area contributed by atoms with E-state index in [9.17, 15) is 18.0 Å². The van der Waals surface area contributed by atoms with E-state index in [1.54, 1.807) is 17.0 Å². The van der Waals surface area contributed by atoms with Crippen LogP contribution in [0.2, 0.25) is 0 Å². The topological polar surface area (TPSA) is 44.8 Å². The molecule has 1 aromatic rings. The molecule has 0 radical (unpaired) electrons. The van der Waals surface area contributed by atoms with Crippen LogP contribution in [-0.2, 0) is 0 Å². The third-order valence-electron chi connectivity index (χ3n) is 4.23. The number of nitrogens with zero attached hydrogens (tertiary/aromatic N) is 2. The van der Waals surface area contributed by atoms with Crippen molar-refractivity contribution >= 4 is 6.03 Å². The van der Waals surface area contributed by atoms with Crippen LogP contribution in [0.4, 0.5) is 18.0 Å². The normalized spacial score (nSPS) is 17.2. The lowest BCUT2D eigenvalue weighted by Crippen LogP contribution is -2.51. The predicted molar refractivity (Wildman–Crippen MR) is 88.6 cm³/mol. The summed E-state index contributed by atoms with van der Waals surface area (Å²) in [5, 5.41) is 2.92. The van der Waals surface area contributed by atoms with Crippen molar-refractivity contribution in [1.29, 1.82) is 0 Å². The van der Waals surface area contributed by atoms with Gasteiger partial charge in [0.25, 0.3) is 0 Å². The quantitative estimate of drug-likeness (QED) is 0.879. The van der Waals surface area contributed by atoms with Gasteiger partial charge in [-0.1, -0.05) is 19.1 Å². The summed E-state index contributed by atoms with van der Waals surface area (Å²) in [7, 11) is 0. The minimum absolute atomic E-state index is 0.124. The van der Waals surface area contributed by atoms with Crippen LogP contribution >= 0.6 is 0 Å². The number of hydrogen-bond acceptors (Lipinski definition) is 3. The first-order valence-corrected chi connectivity index (χ1v) is 8.36. The van der Waals surface area contributed by atoms with E-state index in [2.05, 4.69) is 21.9 Å².